The number of carbonyl (C=O) groups is 1. The predicted octanol–water partition coefficient (Wildman–Crippen LogP) is 3.56. The summed E-state index contributed by atoms with van der Waals surface area (Å²) in [7, 11) is 0. The monoisotopic (exact) mass is 452 g/mol. The van der Waals surface area contributed by atoms with Crippen LogP contribution in [0.5, 0.6) is 0 Å². The van der Waals surface area contributed by atoms with Crippen molar-refractivity contribution in [3.63, 3.8) is 0 Å². The Hall–Kier alpha value is -2.53. The first-order chi connectivity index (χ1) is 13.5. The zero-order chi connectivity index (χ0) is 19.7. The van der Waals surface area contributed by atoms with Crippen LogP contribution in [-0.2, 0) is 11.3 Å². The Bertz CT molecular complexity index is 1200. The van der Waals surface area contributed by atoms with Crippen LogP contribution < -0.4 is 11.0 Å². The molecule has 1 N–H and O–H groups in total. The number of thiazole rings is 1. The average Bonchev–Trinajstić information content (AvgIpc) is 3.40. The van der Waals surface area contributed by atoms with Gasteiger partial charge in [-0.25, -0.2) is 9.78 Å². The highest BCUT2D eigenvalue weighted by molar-refractivity contribution is 7.14. The molecule has 8 nitrogen and oxygen atoms in total. The maximum absolute atomic E-state index is 12.3. The van der Waals surface area contributed by atoms with Gasteiger partial charge in [-0.05, 0) is 46.1 Å². The zero-order valence-corrected chi connectivity index (χ0v) is 17.0. The van der Waals surface area contributed by atoms with Crippen molar-refractivity contribution < 1.29 is 4.79 Å². The molecule has 0 saturated heterocycles. The number of tetrazole rings is 1. The molecular formula is C16H10Cl2N6O2S2. The number of halogens is 2. The Labute approximate surface area is 176 Å². The van der Waals surface area contributed by atoms with E-state index in [2.05, 4.69) is 20.7 Å². The predicted molar refractivity (Wildman–Crippen MR) is 110 cm³/mol. The van der Waals surface area contributed by atoms with Crippen LogP contribution in [0.1, 0.15) is 0 Å². The summed E-state index contributed by atoms with van der Waals surface area (Å²) in [6.45, 7) is -0.281. The van der Waals surface area contributed by atoms with E-state index in [1.165, 1.54) is 22.7 Å². The lowest BCUT2D eigenvalue weighted by Gasteiger charge is -2.02. The number of nitrogens with zero attached hydrogens (tertiary/aromatic N) is 5. The van der Waals surface area contributed by atoms with E-state index < -0.39 is 11.6 Å². The highest BCUT2D eigenvalue weighted by atomic mass is 35.5. The number of nitrogens with one attached hydrogen (secondary N) is 1. The van der Waals surface area contributed by atoms with E-state index in [1.54, 1.807) is 35.7 Å². The number of thiophene rings is 1. The summed E-state index contributed by atoms with van der Waals surface area (Å²) < 4.78 is 2.12. The molecule has 142 valence electrons. The van der Waals surface area contributed by atoms with Gasteiger partial charge in [0.15, 0.2) is 5.13 Å². The smallest absolute Gasteiger partial charge is 0.300 e. The minimum absolute atomic E-state index is 0.281. The van der Waals surface area contributed by atoms with E-state index in [-0.39, 0.29) is 6.54 Å². The van der Waals surface area contributed by atoms with Gasteiger partial charge in [0.05, 0.1) is 10.7 Å². The largest absolute Gasteiger partial charge is 0.369 e. The lowest BCUT2D eigenvalue weighted by atomic mass is 10.2. The first kappa shape index (κ1) is 18.8. The number of anilines is 1. The highest BCUT2D eigenvalue weighted by Gasteiger charge is 2.15. The highest BCUT2D eigenvalue weighted by Crippen LogP contribution is 2.32. The number of rotatable bonds is 5. The Balaban J connectivity index is 1.47. The van der Waals surface area contributed by atoms with E-state index in [1.807, 2.05) is 5.38 Å². The fourth-order valence-corrected chi connectivity index (χ4v) is 4.13. The molecule has 0 saturated carbocycles. The summed E-state index contributed by atoms with van der Waals surface area (Å²) >= 11 is 14.8. The van der Waals surface area contributed by atoms with Crippen LogP contribution in [0.3, 0.4) is 0 Å². The van der Waals surface area contributed by atoms with Gasteiger partial charge in [-0.2, -0.15) is 9.36 Å². The van der Waals surface area contributed by atoms with Crippen molar-refractivity contribution in [1.29, 1.82) is 0 Å². The molecule has 0 bridgehead atoms. The number of carbonyl (C=O) groups excluding carboxylic acids is 1. The second-order valence-electron chi connectivity index (χ2n) is 5.49. The number of benzene rings is 1. The molecule has 0 aliphatic rings. The molecule has 1 amide bonds. The molecule has 0 atom stereocenters. The maximum atomic E-state index is 12.3. The topological polar surface area (TPSA) is 94.7 Å². The molecule has 4 rings (SSSR count). The van der Waals surface area contributed by atoms with Gasteiger partial charge < -0.3 is 5.32 Å². The van der Waals surface area contributed by atoms with E-state index >= 15 is 0 Å². The van der Waals surface area contributed by atoms with Gasteiger partial charge in [-0.3, -0.25) is 4.79 Å². The first-order valence-electron chi connectivity index (χ1n) is 7.79. The van der Waals surface area contributed by atoms with Gasteiger partial charge in [0.1, 0.15) is 11.5 Å². The Morgan fingerprint density at radius 3 is 2.82 bits per heavy atom. The first-order valence-corrected chi connectivity index (χ1v) is 10.3. The normalized spacial score (nSPS) is 10.9. The minimum Gasteiger partial charge on any atom is -0.300 e. The minimum atomic E-state index is -0.497. The fraction of sp³-hybridized carbons (Fsp3) is 0.0625. The molecule has 0 aliphatic carbocycles. The van der Waals surface area contributed by atoms with Gasteiger partial charge in [0.25, 0.3) is 0 Å². The van der Waals surface area contributed by atoms with Crippen molar-refractivity contribution in [3.05, 3.63) is 61.6 Å². The number of hydrogen-bond acceptors (Lipinski definition) is 7. The molecule has 0 radical (unpaired) electrons. The van der Waals surface area contributed by atoms with Crippen molar-refractivity contribution in [2.45, 2.75) is 6.54 Å². The van der Waals surface area contributed by atoms with Crippen molar-refractivity contribution >= 4 is 56.9 Å². The third-order valence-electron chi connectivity index (χ3n) is 3.60. The number of amides is 1. The molecule has 3 heterocycles. The number of hydrogen-bond donors (Lipinski definition) is 1. The molecule has 0 aliphatic heterocycles. The second kappa shape index (κ2) is 7.84. The summed E-state index contributed by atoms with van der Waals surface area (Å²) in [4.78, 5) is 28.9. The Morgan fingerprint density at radius 2 is 2.04 bits per heavy atom. The van der Waals surface area contributed by atoms with Crippen LogP contribution in [0.25, 0.3) is 16.3 Å². The number of aromatic nitrogens is 5. The molecule has 3 aromatic heterocycles. The average molecular weight is 453 g/mol. The van der Waals surface area contributed by atoms with Gasteiger partial charge in [-0.15, -0.1) is 22.7 Å². The molecule has 0 unspecified atom stereocenters. The molecule has 0 spiro atoms. The Kier molecular flexibility index (Phi) is 5.27. The molecule has 0 fully saturated rings. The summed E-state index contributed by atoms with van der Waals surface area (Å²) in [5.74, 6) is -0.446. The van der Waals surface area contributed by atoms with Crippen LogP contribution in [0, 0.1) is 0 Å². The third kappa shape index (κ3) is 3.85. The van der Waals surface area contributed by atoms with Gasteiger partial charge in [0.2, 0.25) is 5.91 Å². The van der Waals surface area contributed by atoms with Crippen LogP contribution >= 0.6 is 45.9 Å². The molecular weight excluding hydrogens is 443 g/mol. The van der Waals surface area contributed by atoms with Crippen LogP contribution in [0.2, 0.25) is 10.0 Å². The Morgan fingerprint density at radius 1 is 1.18 bits per heavy atom. The lowest BCUT2D eigenvalue weighted by molar-refractivity contribution is -0.117. The van der Waals surface area contributed by atoms with E-state index in [9.17, 15) is 9.59 Å². The summed E-state index contributed by atoms with van der Waals surface area (Å²) in [5.41, 5.74) is 0.762. The van der Waals surface area contributed by atoms with Crippen molar-refractivity contribution in [2.75, 3.05) is 5.32 Å². The zero-order valence-electron chi connectivity index (χ0n) is 13.9. The standard InChI is InChI=1S/C16H10Cl2N6O2S2/c17-9-3-4-11(18)10(6-9)12-8-28-15(19-12)20-13(25)7-23-16(26)24(22-21-23)14-2-1-5-27-14/h1-6,8H,7H2,(H,19,20,25). The molecule has 28 heavy (non-hydrogen) atoms. The van der Waals surface area contributed by atoms with Gasteiger partial charge in [-0.1, -0.05) is 23.2 Å². The van der Waals surface area contributed by atoms with E-state index in [0.29, 0.717) is 31.4 Å². The maximum Gasteiger partial charge on any atom is 0.369 e. The van der Waals surface area contributed by atoms with E-state index in [4.69, 9.17) is 23.2 Å². The van der Waals surface area contributed by atoms with Crippen LogP contribution in [0.4, 0.5) is 5.13 Å². The van der Waals surface area contributed by atoms with Crippen molar-refractivity contribution in [1.82, 2.24) is 24.8 Å². The van der Waals surface area contributed by atoms with Crippen LogP contribution in [-0.4, -0.2) is 30.7 Å². The third-order valence-corrected chi connectivity index (χ3v) is 5.77. The quantitative estimate of drug-likeness (QED) is 0.499. The molecule has 1 aromatic carbocycles. The van der Waals surface area contributed by atoms with Gasteiger partial charge >= 0.3 is 5.69 Å². The van der Waals surface area contributed by atoms with Crippen molar-refractivity contribution in [3.8, 4) is 16.3 Å². The lowest BCUT2D eigenvalue weighted by Crippen LogP contribution is -2.29. The summed E-state index contributed by atoms with van der Waals surface area (Å²) in [5, 5.41) is 15.8. The summed E-state index contributed by atoms with van der Waals surface area (Å²) in [6, 6.07) is 8.60. The SMILES string of the molecule is O=C(Cn1nnn(-c2cccs2)c1=O)Nc1nc(-c2cc(Cl)ccc2Cl)cs1. The van der Waals surface area contributed by atoms with Crippen molar-refractivity contribution in [2.24, 2.45) is 0 Å². The fourth-order valence-electron chi connectivity index (χ4n) is 2.35. The molecule has 4 aromatic rings. The van der Waals surface area contributed by atoms with E-state index in [0.717, 1.165) is 9.36 Å². The summed E-state index contributed by atoms with van der Waals surface area (Å²) in [6.07, 6.45) is 0. The second-order valence-corrected chi connectivity index (χ2v) is 8.12. The molecule has 12 heteroatoms. The van der Waals surface area contributed by atoms with Gasteiger partial charge in [0, 0.05) is 16.0 Å². The van der Waals surface area contributed by atoms with Crippen LogP contribution in [0.15, 0.2) is 45.9 Å².